The van der Waals surface area contributed by atoms with Gasteiger partial charge in [-0.25, -0.2) is 4.79 Å². The quantitative estimate of drug-likeness (QED) is 0.746. The van der Waals surface area contributed by atoms with Gasteiger partial charge in [-0.1, -0.05) is 26.2 Å². The Morgan fingerprint density at radius 2 is 2.05 bits per heavy atom. The van der Waals surface area contributed by atoms with Gasteiger partial charge in [0, 0.05) is 19.7 Å². The largest absolute Gasteiger partial charge is 0.480 e. The number of carboxylic acid groups (broad SMARTS) is 1. The zero-order valence-corrected chi connectivity index (χ0v) is 12.4. The van der Waals surface area contributed by atoms with Crippen LogP contribution >= 0.6 is 0 Å². The Labute approximate surface area is 120 Å². The molecule has 0 aliphatic heterocycles. The molecular weight excluding hydrogens is 260 g/mol. The fraction of sp³-hybridized carbons (Fsp3) is 0.857. The number of hydrogen-bond donors (Lipinski definition) is 2. The van der Waals surface area contributed by atoms with Crippen molar-refractivity contribution < 1.29 is 19.4 Å². The lowest BCUT2D eigenvalue weighted by Gasteiger charge is -2.33. The Kier molecular flexibility index (Phi) is 7.36. The van der Waals surface area contributed by atoms with Crippen molar-refractivity contribution in [3.8, 4) is 0 Å². The van der Waals surface area contributed by atoms with Crippen LogP contribution in [0.3, 0.4) is 0 Å². The number of carbonyl (C=O) groups excluding carboxylic acids is 1. The molecule has 0 aromatic rings. The second-order valence-corrected chi connectivity index (χ2v) is 5.32. The number of urea groups is 1. The van der Waals surface area contributed by atoms with E-state index in [1.807, 2.05) is 0 Å². The summed E-state index contributed by atoms with van der Waals surface area (Å²) in [4.78, 5) is 24.3. The van der Waals surface area contributed by atoms with Crippen molar-refractivity contribution in [2.45, 2.75) is 45.1 Å². The summed E-state index contributed by atoms with van der Waals surface area (Å²) in [6, 6.07) is -0.130. The van der Waals surface area contributed by atoms with Gasteiger partial charge in [-0.05, 0) is 18.8 Å². The molecule has 1 saturated carbocycles. The van der Waals surface area contributed by atoms with Crippen LogP contribution in [0.4, 0.5) is 4.79 Å². The van der Waals surface area contributed by atoms with Crippen molar-refractivity contribution in [2.24, 2.45) is 5.92 Å². The van der Waals surface area contributed by atoms with Gasteiger partial charge in [0.25, 0.3) is 0 Å². The average molecular weight is 286 g/mol. The maximum Gasteiger partial charge on any atom is 0.323 e. The molecule has 1 rings (SSSR count). The zero-order valence-electron chi connectivity index (χ0n) is 12.4. The third kappa shape index (κ3) is 5.36. The number of ether oxygens (including phenoxy) is 1. The van der Waals surface area contributed by atoms with Crippen LogP contribution in [-0.4, -0.2) is 54.9 Å². The fourth-order valence-corrected chi connectivity index (χ4v) is 2.75. The molecule has 2 N–H and O–H groups in total. The molecule has 1 aliphatic carbocycles. The predicted octanol–water partition coefficient (Wildman–Crippen LogP) is 1.70. The van der Waals surface area contributed by atoms with E-state index in [9.17, 15) is 9.59 Å². The lowest BCUT2D eigenvalue weighted by molar-refractivity contribution is -0.137. The number of amides is 2. The Morgan fingerprint density at radius 3 is 2.65 bits per heavy atom. The number of hydrogen-bond acceptors (Lipinski definition) is 3. The van der Waals surface area contributed by atoms with Crippen LogP contribution in [-0.2, 0) is 9.53 Å². The third-order valence-corrected chi connectivity index (χ3v) is 3.92. The molecule has 6 nitrogen and oxygen atoms in total. The molecule has 2 unspecified atom stereocenters. The predicted molar refractivity (Wildman–Crippen MR) is 75.7 cm³/mol. The van der Waals surface area contributed by atoms with Crippen molar-refractivity contribution >= 4 is 12.0 Å². The van der Waals surface area contributed by atoms with E-state index in [2.05, 4.69) is 12.2 Å². The second-order valence-electron chi connectivity index (χ2n) is 5.32. The number of rotatable bonds is 7. The molecule has 0 heterocycles. The Bertz CT molecular complexity index is 322. The first-order valence-electron chi connectivity index (χ1n) is 7.34. The fourth-order valence-electron chi connectivity index (χ4n) is 2.75. The van der Waals surface area contributed by atoms with Gasteiger partial charge in [0.2, 0.25) is 0 Å². The van der Waals surface area contributed by atoms with E-state index in [0.717, 1.165) is 25.7 Å². The van der Waals surface area contributed by atoms with E-state index in [1.54, 1.807) is 0 Å². The lowest BCUT2D eigenvalue weighted by atomic mass is 9.83. The van der Waals surface area contributed by atoms with E-state index >= 15 is 0 Å². The van der Waals surface area contributed by atoms with E-state index in [-0.39, 0.29) is 25.2 Å². The maximum atomic E-state index is 12.2. The summed E-state index contributed by atoms with van der Waals surface area (Å²) in [5.41, 5.74) is 0. The molecule has 0 aromatic carbocycles. The molecule has 1 aliphatic rings. The summed E-state index contributed by atoms with van der Waals surface area (Å²) < 4.78 is 4.92. The highest BCUT2D eigenvalue weighted by Crippen LogP contribution is 2.26. The van der Waals surface area contributed by atoms with Crippen molar-refractivity contribution in [3.63, 3.8) is 0 Å². The standard InChI is InChI=1S/C14H26N2O4/c1-3-11-6-4-5-7-12(11)15-14(19)16(8-9-20-2)10-13(17)18/h11-12H,3-10H2,1-2H3,(H,15,19)(H,17,18). The average Bonchev–Trinajstić information content (AvgIpc) is 2.43. The minimum absolute atomic E-state index is 0.167. The number of nitrogens with zero attached hydrogens (tertiary/aromatic N) is 1. The number of nitrogens with one attached hydrogen (secondary N) is 1. The highest BCUT2D eigenvalue weighted by atomic mass is 16.5. The first-order valence-corrected chi connectivity index (χ1v) is 7.34. The van der Waals surface area contributed by atoms with Gasteiger partial charge in [0.05, 0.1) is 6.61 Å². The molecule has 2 atom stereocenters. The summed E-state index contributed by atoms with van der Waals surface area (Å²) >= 11 is 0. The second kappa shape index (κ2) is 8.79. The monoisotopic (exact) mass is 286 g/mol. The molecule has 6 heteroatoms. The highest BCUT2D eigenvalue weighted by Gasteiger charge is 2.27. The normalized spacial score (nSPS) is 22.3. The van der Waals surface area contributed by atoms with Gasteiger partial charge in [-0.2, -0.15) is 0 Å². The molecule has 1 fully saturated rings. The van der Waals surface area contributed by atoms with Crippen molar-refractivity contribution in [2.75, 3.05) is 26.8 Å². The van der Waals surface area contributed by atoms with Gasteiger partial charge in [-0.3, -0.25) is 4.79 Å². The molecular formula is C14H26N2O4. The number of carbonyl (C=O) groups is 2. The lowest BCUT2D eigenvalue weighted by Crippen LogP contribution is -2.50. The summed E-state index contributed by atoms with van der Waals surface area (Å²) in [6.07, 6.45) is 5.50. The van der Waals surface area contributed by atoms with Gasteiger partial charge >= 0.3 is 12.0 Å². The summed E-state index contributed by atoms with van der Waals surface area (Å²) in [7, 11) is 1.53. The SMILES string of the molecule is CCC1CCCCC1NC(=O)N(CCOC)CC(=O)O. The van der Waals surface area contributed by atoms with E-state index in [4.69, 9.17) is 9.84 Å². The smallest absolute Gasteiger partial charge is 0.323 e. The van der Waals surface area contributed by atoms with Crippen LogP contribution in [0, 0.1) is 5.92 Å². The molecule has 0 saturated heterocycles. The summed E-state index contributed by atoms with van der Waals surface area (Å²) in [5.74, 6) is -0.506. The molecule has 0 bridgehead atoms. The van der Waals surface area contributed by atoms with Crippen molar-refractivity contribution in [1.82, 2.24) is 10.2 Å². The van der Waals surface area contributed by atoms with Crippen LogP contribution in [0.25, 0.3) is 0 Å². The Morgan fingerprint density at radius 1 is 1.35 bits per heavy atom. The molecule has 0 radical (unpaired) electrons. The number of methoxy groups -OCH3 is 1. The minimum atomic E-state index is -1.01. The first kappa shape index (κ1) is 16.8. The molecule has 0 spiro atoms. The summed E-state index contributed by atoms with van der Waals surface area (Å²) in [6.45, 7) is 2.47. The minimum Gasteiger partial charge on any atom is -0.480 e. The topological polar surface area (TPSA) is 78.9 Å². The van der Waals surface area contributed by atoms with Crippen molar-refractivity contribution in [1.29, 1.82) is 0 Å². The van der Waals surface area contributed by atoms with Crippen LogP contribution in [0.15, 0.2) is 0 Å². The summed E-state index contributed by atoms with van der Waals surface area (Å²) in [5, 5.41) is 11.9. The van der Waals surface area contributed by atoms with Crippen LogP contribution in [0.1, 0.15) is 39.0 Å². The maximum absolute atomic E-state index is 12.2. The number of carboxylic acids is 1. The first-order chi connectivity index (χ1) is 9.58. The van der Waals surface area contributed by atoms with Crippen LogP contribution in [0.2, 0.25) is 0 Å². The highest BCUT2D eigenvalue weighted by molar-refractivity contribution is 5.80. The zero-order chi connectivity index (χ0) is 15.0. The van der Waals surface area contributed by atoms with E-state index in [0.29, 0.717) is 12.5 Å². The molecule has 116 valence electrons. The Hall–Kier alpha value is -1.30. The van der Waals surface area contributed by atoms with Gasteiger partial charge < -0.3 is 20.1 Å². The molecule has 2 amide bonds. The Balaban J connectivity index is 2.56. The van der Waals surface area contributed by atoms with Gasteiger partial charge in [-0.15, -0.1) is 0 Å². The van der Waals surface area contributed by atoms with Crippen molar-refractivity contribution in [3.05, 3.63) is 0 Å². The third-order valence-electron chi connectivity index (χ3n) is 3.92. The van der Waals surface area contributed by atoms with Gasteiger partial charge in [0.1, 0.15) is 6.54 Å². The van der Waals surface area contributed by atoms with E-state index < -0.39 is 5.97 Å². The van der Waals surface area contributed by atoms with Gasteiger partial charge in [0.15, 0.2) is 0 Å². The molecule has 0 aromatic heterocycles. The number of aliphatic carboxylic acids is 1. The molecule has 20 heavy (non-hydrogen) atoms. The van der Waals surface area contributed by atoms with Crippen LogP contribution in [0.5, 0.6) is 0 Å². The van der Waals surface area contributed by atoms with E-state index in [1.165, 1.54) is 18.4 Å². The van der Waals surface area contributed by atoms with Crippen LogP contribution < -0.4 is 5.32 Å².